The number of hydrogen-bond acceptors (Lipinski definition) is 6. The third-order valence-corrected chi connectivity index (χ3v) is 2.99. The summed E-state index contributed by atoms with van der Waals surface area (Å²) in [6, 6.07) is 9.09. The number of alkyl carbamates (subject to hydrolysis) is 1. The molecular weight excluding hydrogens is 274 g/mol. The van der Waals surface area contributed by atoms with Gasteiger partial charge in [-0.3, -0.25) is 0 Å². The molecule has 1 aliphatic heterocycles. The van der Waals surface area contributed by atoms with E-state index in [9.17, 15) is 4.79 Å². The Hall–Kier alpha value is -2.30. The van der Waals surface area contributed by atoms with Gasteiger partial charge in [0.25, 0.3) is 0 Å². The SMILES string of the molecule is N#CCOC1COCC1OC(=O)NCc1cccc(N)c1. The summed E-state index contributed by atoms with van der Waals surface area (Å²) in [7, 11) is 0. The van der Waals surface area contributed by atoms with E-state index in [2.05, 4.69) is 5.32 Å². The third-order valence-electron chi connectivity index (χ3n) is 2.99. The lowest BCUT2D eigenvalue weighted by atomic mass is 10.2. The fraction of sp³-hybridized carbons (Fsp3) is 0.429. The van der Waals surface area contributed by atoms with Gasteiger partial charge in [0.15, 0.2) is 6.10 Å². The summed E-state index contributed by atoms with van der Waals surface area (Å²) in [4.78, 5) is 11.7. The van der Waals surface area contributed by atoms with Crippen molar-refractivity contribution in [3.05, 3.63) is 29.8 Å². The molecule has 1 saturated heterocycles. The summed E-state index contributed by atoms with van der Waals surface area (Å²) < 4.78 is 15.7. The molecule has 7 heteroatoms. The second-order valence-corrected chi connectivity index (χ2v) is 4.59. The smallest absolute Gasteiger partial charge is 0.407 e. The Balaban J connectivity index is 1.77. The average molecular weight is 291 g/mol. The molecular formula is C14H17N3O4. The van der Waals surface area contributed by atoms with Gasteiger partial charge in [-0.1, -0.05) is 12.1 Å². The minimum absolute atomic E-state index is 0.0567. The van der Waals surface area contributed by atoms with Crippen LogP contribution in [0.2, 0.25) is 0 Å². The molecule has 1 amide bonds. The fourth-order valence-corrected chi connectivity index (χ4v) is 1.98. The highest BCUT2D eigenvalue weighted by Gasteiger charge is 2.32. The largest absolute Gasteiger partial charge is 0.441 e. The number of nitrogens with one attached hydrogen (secondary N) is 1. The molecule has 0 aromatic heterocycles. The number of nitrogens with zero attached hydrogens (tertiary/aromatic N) is 1. The number of benzene rings is 1. The molecule has 2 rings (SSSR count). The van der Waals surface area contributed by atoms with Gasteiger partial charge < -0.3 is 25.3 Å². The lowest BCUT2D eigenvalue weighted by Gasteiger charge is -2.17. The van der Waals surface area contributed by atoms with Gasteiger partial charge in [-0.15, -0.1) is 0 Å². The summed E-state index contributed by atoms with van der Waals surface area (Å²) in [5.41, 5.74) is 7.18. The van der Waals surface area contributed by atoms with Crippen molar-refractivity contribution in [3.8, 4) is 6.07 Å². The van der Waals surface area contributed by atoms with Crippen molar-refractivity contribution in [1.82, 2.24) is 5.32 Å². The Bertz CT molecular complexity index is 529. The van der Waals surface area contributed by atoms with Gasteiger partial charge in [0.1, 0.15) is 12.7 Å². The van der Waals surface area contributed by atoms with Crippen LogP contribution in [0.5, 0.6) is 0 Å². The maximum absolute atomic E-state index is 11.7. The molecule has 0 saturated carbocycles. The topological polar surface area (TPSA) is 107 Å². The predicted molar refractivity (Wildman–Crippen MR) is 74.1 cm³/mol. The first-order chi connectivity index (χ1) is 10.2. The fourth-order valence-electron chi connectivity index (χ4n) is 1.98. The number of nitriles is 1. The monoisotopic (exact) mass is 291 g/mol. The standard InChI is InChI=1S/C14H17N3O4/c15-4-5-20-12-8-19-9-13(12)21-14(18)17-7-10-2-1-3-11(16)6-10/h1-3,6,12-13H,5,7-9,16H2,(H,17,18). The highest BCUT2D eigenvalue weighted by molar-refractivity contribution is 5.67. The van der Waals surface area contributed by atoms with Gasteiger partial charge >= 0.3 is 6.09 Å². The van der Waals surface area contributed by atoms with Crippen LogP contribution in [0.25, 0.3) is 0 Å². The van der Waals surface area contributed by atoms with Crippen molar-refractivity contribution in [2.45, 2.75) is 18.8 Å². The molecule has 1 heterocycles. The number of ether oxygens (including phenoxy) is 3. The van der Waals surface area contributed by atoms with Crippen molar-refractivity contribution >= 4 is 11.8 Å². The van der Waals surface area contributed by atoms with Crippen LogP contribution in [-0.2, 0) is 20.8 Å². The molecule has 0 radical (unpaired) electrons. The maximum atomic E-state index is 11.7. The van der Waals surface area contributed by atoms with E-state index in [-0.39, 0.29) is 13.2 Å². The zero-order valence-corrected chi connectivity index (χ0v) is 11.5. The van der Waals surface area contributed by atoms with Gasteiger partial charge in [-0.05, 0) is 17.7 Å². The van der Waals surface area contributed by atoms with Crippen molar-refractivity contribution in [3.63, 3.8) is 0 Å². The van der Waals surface area contributed by atoms with E-state index in [1.165, 1.54) is 0 Å². The second kappa shape index (κ2) is 7.47. The van der Waals surface area contributed by atoms with Gasteiger partial charge in [-0.25, -0.2) is 4.79 Å². The molecule has 2 atom stereocenters. The van der Waals surface area contributed by atoms with E-state index < -0.39 is 18.3 Å². The molecule has 1 fully saturated rings. The molecule has 1 aromatic rings. The Morgan fingerprint density at radius 2 is 2.29 bits per heavy atom. The average Bonchev–Trinajstić information content (AvgIpc) is 2.90. The maximum Gasteiger partial charge on any atom is 0.407 e. The number of nitrogen functional groups attached to an aromatic ring is 1. The summed E-state index contributed by atoms with van der Waals surface area (Å²) in [6.45, 7) is 0.844. The Morgan fingerprint density at radius 3 is 3.05 bits per heavy atom. The number of amides is 1. The van der Waals surface area contributed by atoms with Crippen LogP contribution in [0.3, 0.4) is 0 Å². The Labute approximate surface area is 122 Å². The molecule has 21 heavy (non-hydrogen) atoms. The van der Waals surface area contributed by atoms with Crippen LogP contribution < -0.4 is 11.1 Å². The molecule has 0 bridgehead atoms. The quantitative estimate of drug-likeness (QED) is 0.777. The number of anilines is 1. The highest BCUT2D eigenvalue weighted by atomic mass is 16.6. The van der Waals surface area contributed by atoms with E-state index in [1.54, 1.807) is 12.1 Å². The van der Waals surface area contributed by atoms with E-state index >= 15 is 0 Å². The second-order valence-electron chi connectivity index (χ2n) is 4.59. The van der Waals surface area contributed by atoms with Crippen molar-refractivity contribution < 1.29 is 19.0 Å². The molecule has 1 aromatic carbocycles. The molecule has 1 aliphatic rings. The van der Waals surface area contributed by atoms with Crippen LogP contribution in [0.15, 0.2) is 24.3 Å². The number of carbonyl (C=O) groups is 1. The van der Waals surface area contributed by atoms with Crippen molar-refractivity contribution in [2.24, 2.45) is 0 Å². The normalized spacial score (nSPS) is 20.7. The molecule has 2 unspecified atom stereocenters. The Morgan fingerprint density at radius 1 is 1.48 bits per heavy atom. The molecule has 112 valence electrons. The molecule has 7 nitrogen and oxygen atoms in total. The minimum Gasteiger partial charge on any atom is -0.441 e. The van der Waals surface area contributed by atoms with Crippen LogP contribution in [-0.4, -0.2) is 38.1 Å². The highest BCUT2D eigenvalue weighted by Crippen LogP contribution is 2.14. The van der Waals surface area contributed by atoms with Gasteiger partial charge in [0, 0.05) is 12.2 Å². The van der Waals surface area contributed by atoms with Crippen LogP contribution in [0.1, 0.15) is 5.56 Å². The van der Waals surface area contributed by atoms with E-state index in [0.29, 0.717) is 18.8 Å². The Kier molecular flexibility index (Phi) is 5.37. The molecule has 0 aliphatic carbocycles. The summed E-state index contributed by atoms with van der Waals surface area (Å²) in [5.74, 6) is 0. The molecule has 3 N–H and O–H groups in total. The van der Waals surface area contributed by atoms with E-state index in [1.807, 2.05) is 18.2 Å². The van der Waals surface area contributed by atoms with E-state index in [0.717, 1.165) is 5.56 Å². The summed E-state index contributed by atoms with van der Waals surface area (Å²) >= 11 is 0. The van der Waals surface area contributed by atoms with Gasteiger partial charge in [-0.2, -0.15) is 5.26 Å². The number of nitrogens with two attached hydrogens (primary N) is 1. The molecule has 0 spiro atoms. The zero-order chi connectivity index (χ0) is 15.1. The van der Waals surface area contributed by atoms with Gasteiger partial charge in [0.05, 0.1) is 19.3 Å². The van der Waals surface area contributed by atoms with Crippen molar-refractivity contribution in [1.29, 1.82) is 5.26 Å². The first-order valence-electron chi connectivity index (χ1n) is 6.54. The van der Waals surface area contributed by atoms with E-state index in [4.69, 9.17) is 25.2 Å². The zero-order valence-electron chi connectivity index (χ0n) is 11.5. The predicted octanol–water partition coefficient (Wildman–Crippen LogP) is 0.803. The minimum atomic E-state index is -0.557. The first kappa shape index (κ1) is 15.1. The van der Waals surface area contributed by atoms with Gasteiger partial charge in [0.2, 0.25) is 0 Å². The lowest BCUT2D eigenvalue weighted by molar-refractivity contribution is -0.00544. The van der Waals surface area contributed by atoms with Crippen LogP contribution in [0, 0.1) is 11.3 Å². The number of rotatable bonds is 5. The van der Waals surface area contributed by atoms with Crippen LogP contribution in [0.4, 0.5) is 10.5 Å². The summed E-state index contributed by atoms with van der Waals surface area (Å²) in [5, 5.41) is 11.1. The number of hydrogen-bond donors (Lipinski definition) is 2. The number of carbonyl (C=O) groups excluding carboxylic acids is 1. The lowest BCUT2D eigenvalue weighted by Crippen LogP contribution is -2.36. The van der Waals surface area contributed by atoms with Crippen LogP contribution >= 0.6 is 0 Å². The third kappa shape index (κ3) is 4.63. The first-order valence-corrected chi connectivity index (χ1v) is 6.54. The van der Waals surface area contributed by atoms with Crippen molar-refractivity contribution in [2.75, 3.05) is 25.6 Å². The summed E-state index contributed by atoms with van der Waals surface area (Å²) in [6.07, 6.45) is -1.46.